The van der Waals surface area contributed by atoms with Crippen LogP contribution in [0.4, 0.5) is 13.2 Å². The molecule has 0 aromatic heterocycles. The number of piperidine rings is 1. The second-order valence-electron chi connectivity index (χ2n) is 10.2. The number of likely N-dealkylation sites (tertiary alicyclic amines) is 1. The van der Waals surface area contributed by atoms with E-state index < -0.39 is 23.7 Å². The number of halogens is 3. The number of fused-ring (bicyclic) bond motifs is 1. The third-order valence-electron chi connectivity index (χ3n) is 7.68. The number of nitrogens with one attached hydrogen (secondary N) is 1. The van der Waals surface area contributed by atoms with Gasteiger partial charge in [0.05, 0.1) is 5.56 Å². The number of amides is 4. The van der Waals surface area contributed by atoms with Gasteiger partial charge in [-0.05, 0) is 59.9 Å². The largest absolute Gasteiger partial charge is 0.416 e. The van der Waals surface area contributed by atoms with Crippen molar-refractivity contribution in [2.24, 2.45) is 5.41 Å². The lowest BCUT2D eigenvalue weighted by Gasteiger charge is -2.54. The predicted octanol–water partition coefficient (Wildman–Crippen LogP) is 3.40. The van der Waals surface area contributed by atoms with E-state index in [1.165, 1.54) is 17.0 Å². The number of carbonyl (C=O) groups is 4. The zero-order valence-corrected chi connectivity index (χ0v) is 19.6. The summed E-state index contributed by atoms with van der Waals surface area (Å²) in [5, 5.41) is 2.27. The molecule has 2 aromatic carbocycles. The van der Waals surface area contributed by atoms with Gasteiger partial charge in [0.1, 0.15) is 6.04 Å². The molecule has 0 bridgehead atoms. The topological polar surface area (TPSA) is 86.8 Å². The minimum Gasteiger partial charge on any atom is -0.337 e. The first-order valence-corrected chi connectivity index (χ1v) is 12.0. The first kappa shape index (κ1) is 23.4. The van der Waals surface area contributed by atoms with Crippen molar-refractivity contribution in [2.45, 2.75) is 38.0 Å². The molecular weight excluding hydrogens is 487 g/mol. The van der Waals surface area contributed by atoms with Gasteiger partial charge in [0, 0.05) is 42.6 Å². The monoisotopic (exact) mass is 509 g/mol. The average molecular weight is 509 g/mol. The van der Waals surface area contributed by atoms with Crippen molar-refractivity contribution in [3.8, 4) is 0 Å². The van der Waals surface area contributed by atoms with Crippen LogP contribution in [0.15, 0.2) is 48.5 Å². The summed E-state index contributed by atoms with van der Waals surface area (Å²) in [6.07, 6.45) is -1.18. The van der Waals surface area contributed by atoms with Crippen molar-refractivity contribution in [1.29, 1.82) is 0 Å². The molecule has 4 amide bonds. The highest BCUT2D eigenvalue weighted by molar-refractivity contribution is 6.06. The maximum absolute atomic E-state index is 13.1. The fourth-order valence-electron chi connectivity index (χ4n) is 5.73. The number of rotatable bonds is 3. The lowest BCUT2D eigenvalue weighted by atomic mass is 9.64. The highest BCUT2D eigenvalue weighted by Gasteiger charge is 2.49. The van der Waals surface area contributed by atoms with Crippen LogP contribution in [0.5, 0.6) is 0 Å². The lowest BCUT2D eigenvalue weighted by Crippen LogP contribution is -2.60. The van der Waals surface area contributed by atoms with Crippen molar-refractivity contribution in [1.82, 2.24) is 15.1 Å². The van der Waals surface area contributed by atoms with E-state index in [1.807, 2.05) is 6.08 Å². The fourth-order valence-corrected chi connectivity index (χ4v) is 5.73. The third kappa shape index (κ3) is 3.91. The van der Waals surface area contributed by atoms with Crippen molar-refractivity contribution in [2.75, 3.05) is 13.1 Å². The maximum Gasteiger partial charge on any atom is 0.416 e. The number of hydrogen-bond acceptors (Lipinski definition) is 4. The van der Waals surface area contributed by atoms with Gasteiger partial charge in [-0.25, -0.2) is 0 Å². The molecule has 2 fully saturated rings. The van der Waals surface area contributed by atoms with Crippen LogP contribution in [-0.2, 0) is 22.3 Å². The van der Waals surface area contributed by atoms with Crippen molar-refractivity contribution >= 4 is 29.2 Å². The van der Waals surface area contributed by atoms with Crippen LogP contribution in [0.1, 0.15) is 56.7 Å². The van der Waals surface area contributed by atoms with Crippen LogP contribution in [0, 0.1) is 5.41 Å². The molecule has 3 aliphatic heterocycles. The Bertz CT molecular complexity index is 1390. The summed E-state index contributed by atoms with van der Waals surface area (Å²) in [7, 11) is 0. The number of benzene rings is 2. The van der Waals surface area contributed by atoms with E-state index in [9.17, 15) is 32.3 Å². The van der Waals surface area contributed by atoms with Crippen LogP contribution >= 0.6 is 0 Å². The summed E-state index contributed by atoms with van der Waals surface area (Å²) >= 11 is 0. The standard InChI is InChI=1S/C27H22F3N3O4/c28-27(29,30)19-4-1-15(2-5-19)18-10-26(11-18)13-32(14-26)24(36)16-3-6-20-17(9-16)12-33(25(20)37)21-7-8-22(34)31-23(21)35/h1-6,9-10,21H,7-8,11-14H2,(H,31,34,35). The SMILES string of the molecule is O=C1CCC(N2Cc3cc(C(=O)N4CC5(C=C(c6ccc(C(F)(F)F)cc6)C5)C4)ccc3C2=O)C(=O)N1. The molecule has 0 saturated carbocycles. The van der Waals surface area contributed by atoms with E-state index in [1.54, 1.807) is 23.1 Å². The summed E-state index contributed by atoms with van der Waals surface area (Å²) in [5.74, 6) is -1.28. The second-order valence-corrected chi connectivity index (χ2v) is 10.2. The van der Waals surface area contributed by atoms with Crippen LogP contribution in [-0.4, -0.2) is 52.6 Å². The maximum atomic E-state index is 13.1. The summed E-state index contributed by atoms with van der Waals surface area (Å²) in [6, 6.07) is 9.32. The molecule has 2 aromatic rings. The highest BCUT2D eigenvalue weighted by Crippen LogP contribution is 2.50. The molecule has 3 heterocycles. The molecule has 10 heteroatoms. The molecule has 7 nitrogen and oxygen atoms in total. The van der Waals surface area contributed by atoms with Gasteiger partial charge in [-0.15, -0.1) is 0 Å². The van der Waals surface area contributed by atoms with Crippen LogP contribution in [0.2, 0.25) is 0 Å². The molecule has 6 rings (SSSR count). The molecule has 190 valence electrons. The van der Waals surface area contributed by atoms with Crippen molar-refractivity contribution < 1.29 is 32.3 Å². The molecule has 4 aliphatic rings. The molecule has 1 unspecified atom stereocenters. The molecule has 1 atom stereocenters. The Morgan fingerprint density at radius 1 is 1.03 bits per heavy atom. The second kappa shape index (κ2) is 8.03. The summed E-state index contributed by atoms with van der Waals surface area (Å²) in [5.41, 5.74) is 2.48. The van der Waals surface area contributed by atoms with Crippen molar-refractivity contribution in [3.63, 3.8) is 0 Å². The minimum absolute atomic E-state index is 0.150. The molecule has 1 aliphatic carbocycles. The summed E-state index contributed by atoms with van der Waals surface area (Å²) < 4.78 is 38.4. The first-order chi connectivity index (χ1) is 17.5. The number of nitrogens with zero attached hydrogens (tertiary/aromatic N) is 2. The van der Waals surface area contributed by atoms with Gasteiger partial charge in [0.2, 0.25) is 11.8 Å². The third-order valence-corrected chi connectivity index (χ3v) is 7.68. The number of hydrogen-bond donors (Lipinski definition) is 1. The Morgan fingerprint density at radius 2 is 1.73 bits per heavy atom. The van der Waals surface area contributed by atoms with Crippen LogP contribution in [0.25, 0.3) is 5.57 Å². The molecule has 1 N–H and O–H groups in total. The van der Waals surface area contributed by atoms with Gasteiger partial charge in [-0.1, -0.05) is 18.2 Å². The fraction of sp³-hybridized carbons (Fsp3) is 0.333. The van der Waals surface area contributed by atoms with Gasteiger partial charge in [-0.3, -0.25) is 24.5 Å². The van der Waals surface area contributed by atoms with Crippen molar-refractivity contribution in [3.05, 3.63) is 76.4 Å². The first-order valence-electron chi connectivity index (χ1n) is 12.0. The lowest BCUT2D eigenvalue weighted by molar-refractivity contribution is -0.138. The zero-order chi connectivity index (χ0) is 26.1. The summed E-state index contributed by atoms with van der Waals surface area (Å²) in [6.45, 7) is 1.24. The van der Waals surface area contributed by atoms with Crippen LogP contribution < -0.4 is 5.32 Å². The van der Waals surface area contributed by atoms with Crippen LogP contribution in [0.3, 0.4) is 0 Å². The predicted molar refractivity (Wildman–Crippen MR) is 125 cm³/mol. The van der Waals surface area contributed by atoms with Gasteiger partial charge in [0.15, 0.2) is 0 Å². The Labute approximate surface area is 209 Å². The number of imide groups is 1. The van der Waals surface area contributed by atoms with E-state index in [-0.39, 0.29) is 42.5 Å². The normalized spacial score (nSPS) is 22.3. The Morgan fingerprint density at radius 3 is 2.38 bits per heavy atom. The minimum atomic E-state index is -4.36. The summed E-state index contributed by atoms with van der Waals surface area (Å²) in [4.78, 5) is 52.8. The smallest absolute Gasteiger partial charge is 0.337 e. The number of alkyl halides is 3. The van der Waals surface area contributed by atoms with Gasteiger partial charge >= 0.3 is 6.18 Å². The Hall–Kier alpha value is -3.95. The van der Waals surface area contributed by atoms with E-state index in [0.717, 1.165) is 23.3 Å². The average Bonchev–Trinajstić information content (AvgIpc) is 3.12. The quantitative estimate of drug-likeness (QED) is 0.643. The van der Waals surface area contributed by atoms with Gasteiger partial charge in [0.25, 0.3) is 11.8 Å². The number of allylic oxidation sites excluding steroid dienone is 1. The zero-order valence-electron chi connectivity index (χ0n) is 19.6. The molecule has 1 spiro atoms. The van der Waals surface area contributed by atoms with Gasteiger partial charge < -0.3 is 9.80 Å². The Balaban J connectivity index is 1.10. The molecule has 0 radical (unpaired) electrons. The van der Waals surface area contributed by atoms with Gasteiger partial charge in [-0.2, -0.15) is 13.2 Å². The van der Waals surface area contributed by atoms with E-state index in [0.29, 0.717) is 36.2 Å². The molecule has 2 saturated heterocycles. The Kier molecular flexibility index (Phi) is 5.09. The van der Waals surface area contributed by atoms with E-state index in [4.69, 9.17) is 0 Å². The van der Waals surface area contributed by atoms with E-state index >= 15 is 0 Å². The highest BCUT2D eigenvalue weighted by atomic mass is 19.4. The van der Waals surface area contributed by atoms with E-state index in [2.05, 4.69) is 5.32 Å². The molecule has 37 heavy (non-hydrogen) atoms. The number of carbonyl (C=O) groups excluding carboxylic acids is 4. The molecular formula is C27H22F3N3O4.